The van der Waals surface area contributed by atoms with Gasteiger partial charge in [-0.3, -0.25) is 0 Å². The summed E-state index contributed by atoms with van der Waals surface area (Å²) in [5.74, 6) is 0.378. The first-order chi connectivity index (χ1) is 8.65. The van der Waals surface area contributed by atoms with Gasteiger partial charge in [-0.25, -0.2) is 4.99 Å². The van der Waals surface area contributed by atoms with E-state index in [2.05, 4.69) is 63.3 Å². The fourth-order valence-corrected chi connectivity index (χ4v) is 2.63. The molecular formula is C17H17Cl2NZr. The third kappa shape index (κ3) is 4.06. The minimum Gasteiger partial charge on any atom is -1.00 e. The fraction of sp³-hybridized carbons (Fsp3) is 0.235. The van der Waals surface area contributed by atoms with Gasteiger partial charge in [0.2, 0.25) is 0 Å². The minimum absolute atomic E-state index is 0. The molecule has 1 nitrogen and oxygen atoms in total. The SMILES string of the molecule is CC(C)=CC1=NC2=CC=CC2=C1C1C=CC(C)=C1.[Cl-].[Cl-].[Zr+2]. The maximum absolute atomic E-state index is 4.74. The second kappa shape index (κ2) is 8.27. The molecule has 0 bridgehead atoms. The number of aliphatic imine (C=N–C) groups is 1. The summed E-state index contributed by atoms with van der Waals surface area (Å²) in [5.41, 5.74) is 7.51. The maximum Gasteiger partial charge on any atom is 2.00 e. The van der Waals surface area contributed by atoms with Crippen molar-refractivity contribution >= 4 is 5.71 Å². The van der Waals surface area contributed by atoms with Crippen LogP contribution >= 0.6 is 0 Å². The van der Waals surface area contributed by atoms with E-state index in [1.54, 1.807) is 0 Å². The number of rotatable bonds is 2. The molecule has 4 heteroatoms. The topological polar surface area (TPSA) is 12.4 Å². The van der Waals surface area contributed by atoms with Crippen molar-refractivity contribution in [1.82, 2.24) is 0 Å². The molecule has 0 saturated carbocycles. The molecule has 0 aromatic rings. The quantitative estimate of drug-likeness (QED) is 0.527. The molecular weight excluding hydrogens is 380 g/mol. The number of halogens is 2. The molecule has 108 valence electrons. The molecule has 1 unspecified atom stereocenters. The number of fused-ring (bicyclic) bond motifs is 1. The van der Waals surface area contributed by atoms with Gasteiger partial charge in [-0.05, 0) is 38.5 Å². The molecule has 0 N–H and O–H groups in total. The van der Waals surface area contributed by atoms with Gasteiger partial charge in [-0.2, -0.15) is 0 Å². The molecule has 1 aliphatic heterocycles. The van der Waals surface area contributed by atoms with E-state index >= 15 is 0 Å². The van der Waals surface area contributed by atoms with Crippen molar-refractivity contribution in [1.29, 1.82) is 0 Å². The Morgan fingerprint density at radius 2 is 1.90 bits per heavy atom. The van der Waals surface area contributed by atoms with Crippen molar-refractivity contribution in [2.45, 2.75) is 20.8 Å². The molecule has 0 aromatic carbocycles. The van der Waals surface area contributed by atoms with Crippen LogP contribution in [0.1, 0.15) is 20.8 Å². The minimum atomic E-state index is 0. The maximum atomic E-state index is 4.74. The van der Waals surface area contributed by atoms with E-state index in [9.17, 15) is 0 Å². The van der Waals surface area contributed by atoms with Crippen molar-refractivity contribution in [3.05, 3.63) is 70.5 Å². The number of hydrogen-bond donors (Lipinski definition) is 0. The Kier molecular flexibility index (Phi) is 8.10. The van der Waals surface area contributed by atoms with Gasteiger partial charge >= 0.3 is 26.2 Å². The van der Waals surface area contributed by atoms with Gasteiger partial charge in [0, 0.05) is 11.5 Å². The van der Waals surface area contributed by atoms with Crippen LogP contribution in [0.25, 0.3) is 0 Å². The van der Waals surface area contributed by atoms with Crippen LogP contribution in [0.2, 0.25) is 0 Å². The Hall–Kier alpha value is -0.427. The van der Waals surface area contributed by atoms with Gasteiger partial charge in [0.15, 0.2) is 0 Å². The molecule has 0 saturated heterocycles. The first-order valence-electron chi connectivity index (χ1n) is 6.38. The van der Waals surface area contributed by atoms with E-state index < -0.39 is 0 Å². The summed E-state index contributed by atoms with van der Waals surface area (Å²) in [7, 11) is 0. The molecule has 3 rings (SSSR count). The number of allylic oxidation sites excluding steroid dienone is 10. The van der Waals surface area contributed by atoms with Crippen molar-refractivity contribution in [3.63, 3.8) is 0 Å². The molecule has 21 heavy (non-hydrogen) atoms. The molecule has 0 aromatic heterocycles. The van der Waals surface area contributed by atoms with Gasteiger partial charge in [0.1, 0.15) is 0 Å². The second-order valence-electron chi connectivity index (χ2n) is 5.25. The standard InChI is InChI=1S/C17H17N.2ClH.Zr/c1-11(2)9-16-17(13-8-7-12(3)10-13)14-5-4-6-15(14)18-16;;;/h4-10,13H,1-3H3;2*1H;/q;;;+2/p-2. The van der Waals surface area contributed by atoms with E-state index in [4.69, 9.17) is 4.99 Å². The zero-order valence-electron chi connectivity index (χ0n) is 12.3. The summed E-state index contributed by atoms with van der Waals surface area (Å²) >= 11 is 0. The van der Waals surface area contributed by atoms with Crippen LogP contribution in [0.4, 0.5) is 0 Å². The Morgan fingerprint density at radius 3 is 2.48 bits per heavy atom. The Bertz CT molecular complexity index is 627. The summed E-state index contributed by atoms with van der Waals surface area (Å²) < 4.78 is 0. The molecule has 0 radical (unpaired) electrons. The van der Waals surface area contributed by atoms with Gasteiger partial charge in [-0.15, -0.1) is 0 Å². The van der Waals surface area contributed by atoms with E-state index in [1.807, 2.05) is 0 Å². The molecule has 0 spiro atoms. The van der Waals surface area contributed by atoms with Crippen LogP contribution in [0.3, 0.4) is 0 Å². The average Bonchev–Trinajstić information content (AvgIpc) is 2.92. The van der Waals surface area contributed by atoms with Crippen molar-refractivity contribution in [2.24, 2.45) is 10.9 Å². The Morgan fingerprint density at radius 1 is 1.19 bits per heavy atom. The van der Waals surface area contributed by atoms with Gasteiger partial charge < -0.3 is 24.8 Å². The van der Waals surface area contributed by atoms with Crippen LogP contribution in [0.15, 0.2) is 75.5 Å². The normalized spacial score (nSPS) is 20.7. The zero-order valence-corrected chi connectivity index (χ0v) is 16.3. The predicted molar refractivity (Wildman–Crippen MR) is 77.5 cm³/mol. The predicted octanol–water partition coefficient (Wildman–Crippen LogP) is -1.70. The fourth-order valence-electron chi connectivity index (χ4n) is 2.63. The van der Waals surface area contributed by atoms with Gasteiger partial charge in [-0.1, -0.05) is 41.5 Å². The zero-order chi connectivity index (χ0) is 12.7. The number of hydrogen-bond acceptors (Lipinski definition) is 1. The van der Waals surface area contributed by atoms with E-state index in [0.717, 1.165) is 11.4 Å². The second-order valence-corrected chi connectivity index (χ2v) is 5.25. The summed E-state index contributed by atoms with van der Waals surface area (Å²) in [6, 6.07) is 0. The largest absolute Gasteiger partial charge is 2.00 e. The molecule has 1 heterocycles. The van der Waals surface area contributed by atoms with Gasteiger partial charge in [0.25, 0.3) is 0 Å². The monoisotopic (exact) mass is 395 g/mol. The van der Waals surface area contributed by atoms with Gasteiger partial charge in [0.05, 0.1) is 11.4 Å². The van der Waals surface area contributed by atoms with Crippen LogP contribution in [-0.4, -0.2) is 5.71 Å². The third-order valence-electron chi connectivity index (χ3n) is 3.37. The summed E-state index contributed by atoms with van der Waals surface area (Å²) in [6.45, 7) is 6.39. The number of nitrogens with zero attached hydrogens (tertiary/aromatic N) is 1. The van der Waals surface area contributed by atoms with Crippen LogP contribution in [0, 0.1) is 5.92 Å². The van der Waals surface area contributed by atoms with Crippen molar-refractivity contribution in [2.75, 3.05) is 0 Å². The molecule has 0 fully saturated rings. The first kappa shape index (κ1) is 20.6. The Labute approximate surface area is 158 Å². The van der Waals surface area contributed by atoms with E-state index in [-0.39, 0.29) is 51.0 Å². The molecule has 3 aliphatic rings. The van der Waals surface area contributed by atoms with Crippen LogP contribution in [0.5, 0.6) is 0 Å². The Balaban J connectivity index is 0.00000133. The summed E-state index contributed by atoms with van der Waals surface area (Å²) in [6.07, 6.45) is 15.3. The van der Waals surface area contributed by atoms with Crippen molar-refractivity contribution < 1.29 is 51.0 Å². The van der Waals surface area contributed by atoms with Crippen LogP contribution < -0.4 is 24.8 Å². The van der Waals surface area contributed by atoms with Crippen molar-refractivity contribution in [3.8, 4) is 0 Å². The van der Waals surface area contributed by atoms with E-state index in [0.29, 0.717) is 5.92 Å². The summed E-state index contributed by atoms with van der Waals surface area (Å²) in [5, 5.41) is 0. The molecule has 2 aliphatic carbocycles. The summed E-state index contributed by atoms with van der Waals surface area (Å²) in [4.78, 5) is 4.74. The average molecular weight is 397 g/mol. The smallest absolute Gasteiger partial charge is 1.00 e. The molecule has 0 amide bonds. The first-order valence-corrected chi connectivity index (χ1v) is 6.38. The third-order valence-corrected chi connectivity index (χ3v) is 3.37. The van der Waals surface area contributed by atoms with Crippen LogP contribution in [-0.2, 0) is 26.2 Å². The molecule has 1 atom stereocenters. The van der Waals surface area contributed by atoms with E-state index in [1.165, 1.54) is 22.3 Å².